The maximum atomic E-state index is 13.9. The molecule has 1 saturated carbocycles. The Kier molecular flexibility index (Phi) is 4.46. The topological polar surface area (TPSA) is 55.1 Å². The van der Waals surface area contributed by atoms with Gasteiger partial charge in [0.15, 0.2) is 0 Å². The third-order valence-electron chi connectivity index (χ3n) is 4.64. The van der Waals surface area contributed by atoms with Crippen LogP contribution in [-0.2, 0) is 6.54 Å². The highest BCUT2D eigenvalue weighted by molar-refractivity contribution is 5.96. The number of hydrogen-bond acceptors (Lipinski definition) is 2. The van der Waals surface area contributed by atoms with Crippen molar-refractivity contribution >= 4 is 5.97 Å². The highest BCUT2D eigenvalue weighted by Gasteiger charge is 2.18. The lowest BCUT2D eigenvalue weighted by Gasteiger charge is -2.21. The molecule has 0 radical (unpaired) electrons. The van der Waals surface area contributed by atoms with Gasteiger partial charge in [-0.05, 0) is 43.4 Å². The van der Waals surface area contributed by atoms with Gasteiger partial charge in [-0.25, -0.2) is 9.18 Å². The summed E-state index contributed by atoms with van der Waals surface area (Å²) in [5.41, 5.74) is 1.48. The number of aryl methyl sites for hydroxylation is 1. The fraction of sp³-hybridized carbons (Fsp3) is 0.444. The van der Waals surface area contributed by atoms with Crippen molar-refractivity contribution in [3.63, 3.8) is 0 Å². The van der Waals surface area contributed by atoms with Gasteiger partial charge in [-0.3, -0.25) is 4.68 Å². The Balaban J connectivity index is 1.87. The van der Waals surface area contributed by atoms with Gasteiger partial charge >= 0.3 is 5.97 Å². The number of nitrogens with zero attached hydrogens (tertiary/aromatic N) is 2. The summed E-state index contributed by atoms with van der Waals surface area (Å²) in [5.74, 6) is -0.821. The highest BCUT2D eigenvalue weighted by Crippen LogP contribution is 2.28. The van der Waals surface area contributed by atoms with Crippen LogP contribution in [0.15, 0.2) is 24.5 Å². The van der Waals surface area contributed by atoms with Gasteiger partial charge in [0, 0.05) is 23.9 Å². The van der Waals surface area contributed by atoms with Crippen molar-refractivity contribution in [2.45, 2.75) is 45.6 Å². The number of carbonyl (C=O) groups is 1. The maximum Gasteiger partial charge on any atom is 0.336 e. The number of rotatable bonds is 4. The molecule has 0 saturated heterocycles. The number of carboxylic acid groups (broad SMARTS) is 1. The molecule has 1 N–H and O–H groups in total. The standard InChI is InChI=1S/C18H21FN2O2/c1-12-7-16(18(22)23)15(8-17(12)19)14-9-20-21(11-14)10-13-5-3-2-4-6-13/h7-9,11,13H,2-6,10H2,1H3,(H,22,23). The Hall–Kier alpha value is -2.17. The minimum absolute atomic E-state index is 0.112. The van der Waals surface area contributed by atoms with Crippen LogP contribution in [0, 0.1) is 18.7 Å². The van der Waals surface area contributed by atoms with Crippen LogP contribution in [0.1, 0.15) is 48.0 Å². The summed E-state index contributed by atoms with van der Waals surface area (Å²) in [7, 11) is 0. The van der Waals surface area contributed by atoms with Crippen LogP contribution in [-0.4, -0.2) is 20.9 Å². The molecule has 5 heteroatoms. The summed E-state index contributed by atoms with van der Waals surface area (Å²) in [4.78, 5) is 11.4. The van der Waals surface area contributed by atoms with Crippen molar-refractivity contribution in [2.24, 2.45) is 5.92 Å². The molecule has 1 aliphatic carbocycles. The van der Waals surface area contributed by atoms with E-state index in [0.717, 1.165) is 6.54 Å². The number of aromatic nitrogens is 2. The minimum atomic E-state index is -1.05. The Morgan fingerprint density at radius 2 is 2.09 bits per heavy atom. The second-order valence-corrected chi connectivity index (χ2v) is 6.41. The first-order valence-electron chi connectivity index (χ1n) is 8.11. The summed E-state index contributed by atoms with van der Waals surface area (Å²) in [5, 5.41) is 13.7. The molecule has 1 fully saturated rings. The molecule has 0 aliphatic heterocycles. The predicted molar refractivity (Wildman–Crippen MR) is 85.9 cm³/mol. The van der Waals surface area contributed by atoms with Crippen molar-refractivity contribution in [2.75, 3.05) is 0 Å². The zero-order valence-corrected chi connectivity index (χ0v) is 13.3. The van der Waals surface area contributed by atoms with Crippen molar-refractivity contribution in [1.29, 1.82) is 0 Å². The van der Waals surface area contributed by atoms with Gasteiger partial charge in [0.2, 0.25) is 0 Å². The third kappa shape index (κ3) is 3.44. The number of halogens is 1. The van der Waals surface area contributed by atoms with Crippen molar-refractivity contribution in [3.05, 3.63) is 41.5 Å². The predicted octanol–water partition coefficient (Wildman–Crippen LogP) is 4.28. The number of hydrogen-bond donors (Lipinski definition) is 1. The van der Waals surface area contributed by atoms with E-state index < -0.39 is 11.8 Å². The molecule has 0 atom stereocenters. The third-order valence-corrected chi connectivity index (χ3v) is 4.64. The average Bonchev–Trinajstić information content (AvgIpc) is 2.98. The SMILES string of the molecule is Cc1cc(C(=O)O)c(-c2cnn(CC3CCCCC3)c2)cc1F. The van der Waals surface area contributed by atoms with E-state index in [4.69, 9.17) is 0 Å². The number of benzene rings is 1. The summed E-state index contributed by atoms with van der Waals surface area (Å²) in [6.45, 7) is 2.41. The first-order valence-corrected chi connectivity index (χ1v) is 8.11. The van der Waals surface area contributed by atoms with Crippen LogP contribution in [0.2, 0.25) is 0 Å². The second-order valence-electron chi connectivity index (χ2n) is 6.41. The number of aromatic carboxylic acids is 1. The molecule has 1 aliphatic rings. The molecule has 0 spiro atoms. The first kappa shape index (κ1) is 15.7. The van der Waals surface area contributed by atoms with Crippen LogP contribution >= 0.6 is 0 Å². The quantitative estimate of drug-likeness (QED) is 0.916. The molecule has 0 amide bonds. The summed E-state index contributed by atoms with van der Waals surface area (Å²) in [6.07, 6.45) is 9.73. The molecular weight excluding hydrogens is 295 g/mol. The molecule has 1 heterocycles. The van der Waals surface area contributed by atoms with Crippen LogP contribution in [0.3, 0.4) is 0 Å². The van der Waals surface area contributed by atoms with Gasteiger partial charge in [-0.15, -0.1) is 0 Å². The number of carboxylic acids is 1. The molecule has 23 heavy (non-hydrogen) atoms. The van der Waals surface area contributed by atoms with Gasteiger partial charge in [0.1, 0.15) is 5.82 Å². The molecule has 4 nitrogen and oxygen atoms in total. The van der Waals surface area contributed by atoms with Gasteiger partial charge in [0.05, 0.1) is 11.8 Å². The van der Waals surface area contributed by atoms with E-state index >= 15 is 0 Å². The monoisotopic (exact) mass is 316 g/mol. The van der Waals surface area contributed by atoms with Crippen LogP contribution in [0.4, 0.5) is 4.39 Å². The van der Waals surface area contributed by atoms with Crippen molar-refractivity contribution in [1.82, 2.24) is 9.78 Å². The molecule has 3 rings (SSSR count). The Morgan fingerprint density at radius 3 is 2.78 bits per heavy atom. The summed E-state index contributed by atoms with van der Waals surface area (Å²) in [6, 6.07) is 2.67. The Morgan fingerprint density at radius 1 is 1.35 bits per heavy atom. The van der Waals surface area contributed by atoms with Crippen LogP contribution in [0.5, 0.6) is 0 Å². The molecular formula is C18H21FN2O2. The van der Waals surface area contributed by atoms with Gasteiger partial charge in [0.25, 0.3) is 0 Å². The maximum absolute atomic E-state index is 13.9. The van der Waals surface area contributed by atoms with Gasteiger partial charge in [-0.1, -0.05) is 19.3 Å². The van der Waals surface area contributed by atoms with Crippen LogP contribution < -0.4 is 0 Å². The van der Waals surface area contributed by atoms with E-state index in [2.05, 4.69) is 5.10 Å². The van der Waals surface area contributed by atoms with E-state index in [-0.39, 0.29) is 5.56 Å². The summed E-state index contributed by atoms with van der Waals surface area (Å²) < 4.78 is 15.7. The lowest BCUT2D eigenvalue weighted by atomic mass is 9.89. The van der Waals surface area contributed by atoms with Crippen LogP contribution in [0.25, 0.3) is 11.1 Å². The average molecular weight is 316 g/mol. The molecule has 2 aromatic rings. The molecule has 0 bridgehead atoms. The first-order chi connectivity index (χ1) is 11.0. The second kappa shape index (κ2) is 6.52. The van der Waals surface area contributed by atoms with Crippen molar-refractivity contribution < 1.29 is 14.3 Å². The lowest BCUT2D eigenvalue weighted by Crippen LogP contribution is -2.14. The Labute approximate surface area is 134 Å². The van der Waals surface area contributed by atoms with E-state index in [1.165, 1.54) is 44.2 Å². The molecule has 1 aromatic heterocycles. The molecule has 122 valence electrons. The fourth-order valence-corrected chi connectivity index (χ4v) is 3.33. The van der Waals surface area contributed by atoms with Gasteiger partial charge in [-0.2, -0.15) is 5.10 Å². The lowest BCUT2D eigenvalue weighted by molar-refractivity contribution is 0.0697. The minimum Gasteiger partial charge on any atom is -0.478 e. The summed E-state index contributed by atoms with van der Waals surface area (Å²) >= 11 is 0. The van der Waals surface area contributed by atoms with Crippen molar-refractivity contribution in [3.8, 4) is 11.1 Å². The smallest absolute Gasteiger partial charge is 0.336 e. The largest absolute Gasteiger partial charge is 0.478 e. The normalized spacial score (nSPS) is 15.7. The molecule has 1 aromatic carbocycles. The van der Waals surface area contributed by atoms with E-state index in [9.17, 15) is 14.3 Å². The van der Waals surface area contributed by atoms with E-state index in [1.807, 2.05) is 10.9 Å². The zero-order chi connectivity index (χ0) is 16.4. The highest BCUT2D eigenvalue weighted by atomic mass is 19.1. The zero-order valence-electron chi connectivity index (χ0n) is 13.3. The van der Waals surface area contributed by atoms with Gasteiger partial charge < -0.3 is 5.11 Å². The van der Waals surface area contributed by atoms with E-state index in [0.29, 0.717) is 22.6 Å². The van der Waals surface area contributed by atoms with E-state index in [1.54, 1.807) is 13.1 Å². The Bertz CT molecular complexity index is 718. The fourth-order valence-electron chi connectivity index (χ4n) is 3.33. The molecule has 0 unspecified atom stereocenters.